The summed E-state index contributed by atoms with van der Waals surface area (Å²) in [6.07, 6.45) is 0. The maximum absolute atomic E-state index is 12.0. The zero-order valence-electron chi connectivity index (χ0n) is 11.9. The molecule has 1 aromatic carbocycles. The minimum absolute atomic E-state index is 0.0867. The number of aromatic nitrogens is 2. The Labute approximate surface area is 139 Å². The van der Waals surface area contributed by atoms with E-state index in [2.05, 4.69) is 37.5 Å². The molecule has 2 aromatic heterocycles. The fraction of sp³-hybridized carbons (Fsp3) is 0.133. The lowest BCUT2D eigenvalue weighted by atomic mass is 10.1. The van der Waals surface area contributed by atoms with Crippen LogP contribution in [0.2, 0.25) is 0 Å². The molecule has 2 heterocycles. The summed E-state index contributed by atoms with van der Waals surface area (Å²) < 4.78 is 6.41. The lowest BCUT2D eigenvalue weighted by Gasteiger charge is -2.00. The highest BCUT2D eigenvalue weighted by Crippen LogP contribution is 2.25. The molecule has 0 radical (unpaired) electrons. The molecule has 0 unspecified atom stereocenters. The number of aryl methyl sites for hydroxylation is 2. The van der Waals surface area contributed by atoms with Gasteiger partial charge in [0.25, 0.3) is 5.91 Å². The van der Waals surface area contributed by atoms with Crippen LogP contribution in [0.4, 0.5) is 6.01 Å². The summed E-state index contributed by atoms with van der Waals surface area (Å²) in [7, 11) is 0. The van der Waals surface area contributed by atoms with Gasteiger partial charge in [-0.1, -0.05) is 22.3 Å². The molecule has 3 rings (SSSR count). The SMILES string of the molecule is Cc1cc(C)cc(-c2nnc(NC(=O)c3ccc(Br)s3)o2)c1. The van der Waals surface area contributed by atoms with Crippen molar-refractivity contribution in [3.63, 3.8) is 0 Å². The van der Waals surface area contributed by atoms with Gasteiger partial charge in [-0.2, -0.15) is 0 Å². The van der Waals surface area contributed by atoms with E-state index in [9.17, 15) is 4.79 Å². The summed E-state index contributed by atoms with van der Waals surface area (Å²) in [6, 6.07) is 9.62. The lowest BCUT2D eigenvalue weighted by molar-refractivity contribution is 0.102. The van der Waals surface area contributed by atoms with Gasteiger partial charge < -0.3 is 4.42 Å². The topological polar surface area (TPSA) is 68.0 Å². The van der Waals surface area contributed by atoms with Crippen molar-refractivity contribution in [3.05, 3.63) is 50.1 Å². The van der Waals surface area contributed by atoms with Crippen LogP contribution in [0.1, 0.15) is 20.8 Å². The Hall–Kier alpha value is -1.99. The van der Waals surface area contributed by atoms with Crippen LogP contribution in [0.5, 0.6) is 0 Å². The summed E-state index contributed by atoms with van der Waals surface area (Å²) in [4.78, 5) is 12.6. The Bertz CT molecular complexity index is 821. The van der Waals surface area contributed by atoms with Crippen LogP contribution in [-0.4, -0.2) is 16.1 Å². The molecule has 3 aromatic rings. The lowest BCUT2D eigenvalue weighted by Crippen LogP contribution is -2.10. The molecular weight excluding hydrogens is 366 g/mol. The van der Waals surface area contributed by atoms with E-state index >= 15 is 0 Å². The van der Waals surface area contributed by atoms with E-state index in [0.29, 0.717) is 10.8 Å². The van der Waals surface area contributed by atoms with Gasteiger partial charge in [0.15, 0.2) is 0 Å². The summed E-state index contributed by atoms with van der Waals surface area (Å²) >= 11 is 4.66. The molecule has 0 aliphatic heterocycles. The van der Waals surface area contributed by atoms with Crippen molar-refractivity contribution in [3.8, 4) is 11.5 Å². The fourth-order valence-corrected chi connectivity index (χ4v) is 3.36. The number of halogens is 1. The molecule has 112 valence electrons. The molecule has 0 bridgehead atoms. The fourth-order valence-electron chi connectivity index (χ4n) is 2.08. The Morgan fingerprint density at radius 2 is 1.91 bits per heavy atom. The van der Waals surface area contributed by atoms with Gasteiger partial charge in [-0.3, -0.25) is 10.1 Å². The minimum Gasteiger partial charge on any atom is -0.403 e. The maximum atomic E-state index is 12.0. The molecule has 0 spiro atoms. The third kappa shape index (κ3) is 3.26. The predicted molar refractivity (Wildman–Crippen MR) is 89.2 cm³/mol. The normalized spacial score (nSPS) is 10.7. The maximum Gasteiger partial charge on any atom is 0.322 e. The second-order valence-corrected chi connectivity index (χ2v) is 7.31. The first kappa shape index (κ1) is 14.9. The number of thiophene rings is 1. The van der Waals surface area contributed by atoms with Crippen LogP contribution in [0.25, 0.3) is 11.5 Å². The van der Waals surface area contributed by atoms with Crippen LogP contribution < -0.4 is 5.32 Å². The van der Waals surface area contributed by atoms with E-state index in [1.807, 2.05) is 32.0 Å². The molecule has 1 N–H and O–H groups in total. The molecule has 0 aliphatic rings. The molecule has 1 amide bonds. The average molecular weight is 378 g/mol. The smallest absolute Gasteiger partial charge is 0.322 e. The van der Waals surface area contributed by atoms with Gasteiger partial charge >= 0.3 is 6.01 Å². The van der Waals surface area contributed by atoms with Gasteiger partial charge in [-0.25, -0.2) is 0 Å². The molecule has 0 atom stereocenters. The second-order valence-electron chi connectivity index (χ2n) is 4.85. The Balaban J connectivity index is 1.80. The molecule has 5 nitrogen and oxygen atoms in total. The van der Waals surface area contributed by atoms with Crippen LogP contribution in [0.3, 0.4) is 0 Å². The van der Waals surface area contributed by atoms with Crippen molar-refractivity contribution >= 4 is 39.2 Å². The number of carbonyl (C=O) groups excluding carboxylic acids is 1. The summed E-state index contributed by atoms with van der Waals surface area (Å²) in [5, 5.41) is 10.5. The highest BCUT2D eigenvalue weighted by atomic mass is 79.9. The number of carbonyl (C=O) groups is 1. The molecule has 0 aliphatic carbocycles. The molecule has 0 fully saturated rings. The van der Waals surface area contributed by atoms with Crippen molar-refractivity contribution in [1.29, 1.82) is 0 Å². The standard InChI is InChI=1S/C15H12BrN3O2S/c1-8-5-9(2)7-10(6-8)14-18-19-15(21-14)17-13(20)11-3-4-12(16)22-11/h3-7H,1-2H3,(H,17,19,20). The Morgan fingerprint density at radius 3 is 2.55 bits per heavy atom. The van der Waals surface area contributed by atoms with E-state index in [1.165, 1.54) is 11.3 Å². The summed E-state index contributed by atoms with van der Waals surface area (Å²) in [5.74, 6) is 0.112. The Kier molecular flexibility index (Phi) is 4.08. The number of benzene rings is 1. The zero-order valence-corrected chi connectivity index (χ0v) is 14.3. The van der Waals surface area contributed by atoms with E-state index in [-0.39, 0.29) is 11.9 Å². The minimum atomic E-state index is -0.272. The molecule has 0 saturated heterocycles. The third-order valence-electron chi connectivity index (χ3n) is 2.91. The van der Waals surface area contributed by atoms with E-state index in [0.717, 1.165) is 20.5 Å². The summed E-state index contributed by atoms with van der Waals surface area (Å²) in [5.41, 5.74) is 3.06. The van der Waals surface area contributed by atoms with Crippen LogP contribution in [-0.2, 0) is 0 Å². The van der Waals surface area contributed by atoms with E-state index in [1.54, 1.807) is 6.07 Å². The molecule has 7 heteroatoms. The van der Waals surface area contributed by atoms with Gasteiger partial charge in [0.05, 0.1) is 8.66 Å². The molecule has 22 heavy (non-hydrogen) atoms. The first-order chi connectivity index (χ1) is 10.5. The predicted octanol–water partition coefficient (Wildman–Crippen LogP) is 4.43. The summed E-state index contributed by atoms with van der Waals surface area (Å²) in [6.45, 7) is 4.01. The number of hydrogen-bond acceptors (Lipinski definition) is 5. The van der Waals surface area contributed by atoms with Gasteiger partial charge in [0, 0.05) is 5.56 Å². The van der Waals surface area contributed by atoms with Crippen LogP contribution in [0, 0.1) is 13.8 Å². The largest absolute Gasteiger partial charge is 0.403 e. The highest BCUT2D eigenvalue weighted by Gasteiger charge is 2.14. The van der Waals surface area contributed by atoms with Crippen molar-refractivity contribution < 1.29 is 9.21 Å². The number of nitrogens with zero attached hydrogens (tertiary/aromatic N) is 2. The number of rotatable bonds is 3. The Morgan fingerprint density at radius 1 is 1.18 bits per heavy atom. The van der Waals surface area contributed by atoms with E-state index < -0.39 is 0 Å². The van der Waals surface area contributed by atoms with Gasteiger partial charge in [-0.05, 0) is 54.0 Å². The number of nitrogens with one attached hydrogen (secondary N) is 1. The van der Waals surface area contributed by atoms with Crippen molar-refractivity contribution in [2.75, 3.05) is 5.32 Å². The number of hydrogen-bond donors (Lipinski definition) is 1. The third-order valence-corrected chi connectivity index (χ3v) is 4.53. The first-order valence-electron chi connectivity index (χ1n) is 6.50. The van der Waals surface area contributed by atoms with E-state index in [4.69, 9.17) is 4.42 Å². The van der Waals surface area contributed by atoms with Crippen LogP contribution >= 0.6 is 27.3 Å². The quantitative estimate of drug-likeness (QED) is 0.732. The number of anilines is 1. The van der Waals surface area contributed by atoms with Gasteiger partial charge in [0.2, 0.25) is 5.89 Å². The second kappa shape index (κ2) is 6.02. The van der Waals surface area contributed by atoms with Gasteiger partial charge in [0.1, 0.15) is 0 Å². The highest BCUT2D eigenvalue weighted by molar-refractivity contribution is 9.11. The van der Waals surface area contributed by atoms with Crippen LogP contribution in [0.15, 0.2) is 38.5 Å². The zero-order chi connectivity index (χ0) is 15.7. The average Bonchev–Trinajstić information content (AvgIpc) is 3.06. The number of amides is 1. The van der Waals surface area contributed by atoms with Crippen molar-refractivity contribution in [2.24, 2.45) is 0 Å². The van der Waals surface area contributed by atoms with Crippen molar-refractivity contribution in [1.82, 2.24) is 10.2 Å². The van der Waals surface area contributed by atoms with Crippen molar-refractivity contribution in [2.45, 2.75) is 13.8 Å². The first-order valence-corrected chi connectivity index (χ1v) is 8.11. The molecule has 0 saturated carbocycles. The monoisotopic (exact) mass is 377 g/mol. The molecular formula is C15H12BrN3O2S. The van der Waals surface area contributed by atoms with Gasteiger partial charge in [-0.15, -0.1) is 16.4 Å².